The minimum absolute atomic E-state index is 0.310. The molecular weight excluding hydrogens is 284 g/mol. The van der Waals surface area contributed by atoms with Crippen molar-refractivity contribution >= 4 is 11.6 Å². The lowest BCUT2D eigenvalue weighted by atomic mass is 10.0. The van der Waals surface area contributed by atoms with Gasteiger partial charge in [0, 0.05) is 12.1 Å². The third kappa shape index (κ3) is 4.95. The number of amides is 1. The first-order chi connectivity index (χ1) is 10.6. The van der Waals surface area contributed by atoms with Gasteiger partial charge in [-0.05, 0) is 37.0 Å². The van der Waals surface area contributed by atoms with E-state index in [4.69, 9.17) is 0 Å². The van der Waals surface area contributed by atoms with Gasteiger partial charge in [-0.25, -0.2) is 0 Å². The summed E-state index contributed by atoms with van der Waals surface area (Å²) in [6, 6.07) is 18.0. The maximum Gasteiger partial charge on any atom is 0.324 e. The second-order valence-electron chi connectivity index (χ2n) is 5.22. The molecule has 0 fully saturated rings. The molecule has 0 aliphatic heterocycles. The summed E-state index contributed by atoms with van der Waals surface area (Å²) in [6.45, 7) is 0. The monoisotopic (exact) mass is 303 g/mol. The van der Waals surface area contributed by atoms with Gasteiger partial charge in [0.1, 0.15) is 0 Å². The van der Waals surface area contributed by atoms with E-state index in [9.17, 15) is 13.6 Å². The molecule has 2 rings (SSSR count). The zero-order valence-electron chi connectivity index (χ0n) is 12.3. The number of carbonyl (C=O) groups is 1. The van der Waals surface area contributed by atoms with Crippen LogP contribution >= 0.6 is 0 Å². The zero-order chi connectivity index (χ0) is 15.8. The van der Waals surface area contributed by atoms with E-state index in [1.807, 2.05) is 30.3 Å². The minimum Gasteiger partial charge on any atom is -0.321 e. The number of anilines is 1. The van der Waals surface area contributed by atoms with Gasteiger partial charge in [0.25, 0.3) is 5.91 Å². The molecule has 1 amide bonds. The summed E-state index contributed by atoms with van der Waals surface area (Å²) in [5.41, 5.74) is 1.51. The molecule has 2 aromatic carbocycles. The fraction of sp³-hybridized carbons (Fsp3) is 0.278. The van der Waals surface area contributed by atoms with Gasteiger partial charge < -0.3 is 5.32 Å². The van der Waals surface area contributed by atoms with Crippen LogP contribution in [-0.2, 0) is 11.2 Å². The van der Waals surface area contributed by atoms with Gasteiger partial charge in [0.05, 0.1) is 0 Å². The minimum atomic E-state index is -3.34. The van der Waals surface area contributed by atoms with E-state index < -0.39 is 18.3 Å². The molecule has 0 radical (unpaired) electrons. The number of rotatable bonds is 7. The molecule has 0 spiro atoms. The van der Waals surface area contributed by atoms with Crippen molar-refractivity contribution in [2.24, 2.45) is 0 Å². The molecule has 1 N–H and O–H groups in total. The quantitative estimate of drug-likeness (QED) is 0.740. The zero-order valence-corrected chi connectivity index (χ0v) is 12.3. The molecule has 2 nitrogen and oxygen atoms in total. The standard InChI is InChI=1S/C18H19F2NO/c19-18(20,17(22)21-16-12-5-2-6-13-16)14-8-7-11-15-9-3-1-4-10-15/h1-6,9-10,12-13H,7-8,11,14H2,(H,21,22). The van der Waals surface area contributed by atoms with E-state index in [-0.39, 0.29) is 0 Å². The largest absolute Gasteiger partial charge is 0.324 e. The fourth-order valence-electron chi connectivity index (χ4n) is 2.18. The Bertz CT molecular complexity index is 585. The van der Waals surface area contributed by atoms with E-state index >= 15 is 0 Å². The smallest absolute Gasteiger partial charge is 0.321 e. The van der Waals surface area contributed by atoms with Crippen LogP contribution in [-0.4, -0.2) is 11.8 Å². The number of unbranched alkanes of at least 4 members (excludes halogenated alkanes) is 1. The third-order valence-corrected chi connectivity index (χ3v) is 3.41. The molecule has 0 saturated heterocycles. The summed E-state index contributed by atoms with van der Waals surface area (Å²) in [6.07, 6.45) is 1.26. The van der Waals surface area contributed by atoms with Crippen molar-refractivity contribution in [3.05, 3.63) is 66.2 Å². The Kier molecular flexibility index (Phi) is 5.64. The summed E-state index contributed by atoms with van der Waals surface area (Å²) in [5.74, 6) is -4.58. The summed E-state index contributed by atoms with van der Waals surface area (Å²) >= 11 is 0. The fourth-order valence-corrected chi connectivity index (χ4v) is 2.18. The Hall–Kier alpha value is -2.23. The molecular formula is C18H19F2NO. The molecule has 116 valence electrons. The molecule has 0 aromatic heterocycles. The number of aryl methyl sites for hydroxylation is 1. The number of halogens is 2. The SMILES string of the molecule is O=C(Nc1ccccc1)C(F)(F)CCCCc1ccccc1. The van der Waals surface area contributed by atoms with Gasteiger partial charge in [0.2, 0.25) is 0 Å². The van der Waals surface area contributed by atoms with Gasteiger partial charge in [-0.15, -0.1) is 0 Å². The summed E-state index contributed by atoms with van der Waals surface area (Å²) < 4.78 is 27.6. The lowest BCUT2D eigenvalue weighted by Crippen LogP contribution is -2.34. The van der Waals surface area contributed by atoms with Crippen molar-refractivity contribution in [2.75, 3.05) is 5.32 Å². The van der Waals surface area contributed by atoms with E-state index in [2.05, 4.69) is 5.32 Å². The van der Waals surface area contributed by atoms with Crippen LogP contribution in [0.15, 0.2) is 60.7 Å². The molecule has 22 heavy (non-hydrogen) atoms. The molecule has 0 bridgehead atoms. The van der Waals surface area contributed by atoms with E-state index in [0.717, 1.165) is 12.0 Å². The molecule has 2 aromatic rings. The number of hydrogen-bond donors (Lipinski definition) is 1. The Morgan fingerprint density at radius 3 is 2.14 bits per heavy atom. The summed E-state index contributed by atoms with van der Waals surface area (Å²) in [5, 5.41) is 2.25. The van der Waals surface area contributed by atoms with Crippen molar-refractivity contribution in [1.82, 2.24) is 0 Å². The second kappa shape index (κ2) is 7.69. The van der Waals surface area contributed by atoms with Crippen LogP contribution in [0.5, 0.6) is 0 Å². The molecule has 0 aliphatic rings. The maximum absolute atomic E-state index is 13.8. The highest BCUT2D eigenvalue weighted by molar-refractivity contribution is 5.95. The van der Waals surface area contributed by atoms with Gasteiger partial charge in [-0.1, -0.05) is 48.5 Å². The van der Waals surface area contributed by atoms with E-state index in [0.29, 0.717) is 18.5 Å². The summed E-state index contributed by atoms with van der Waals surface area (Å²) in [4.78, 5) is 11.6. The highest BCUT2D eigenvalue weighted by Gasteiger charge is 2.37. The Morgan fingerprint density at radius 2 is 1.50 bits per heavy atom. The molecule has 0 unspecified atom stereocenters. The Morgan fingerprint density at radius 1 is 0.909 bits per heavy atom. The van der Waals surface area contributed by atoms with Crippen LogP contribution in [0, 0.1) is 0 Å². The first-order valence-corrected chi connectivity index (χ1v) is 7.36. The van der Waals surface area contributed by atoms with Crippen molar-refractivity contribution in [3.63, 3.8) is 0 Å². The Balaban J connectivity index is 1.76. The van der Waals surface area contributed by atoms with Crippen molar-refractivity contribution in [2.45, 2.75) is 31.6 Å². The number of benzene rings is 2. The van der Waals surface area contributed by atoms with Gasteiger partial charge in [-0.3, -0.25) is 4.79 Å². The van der Waals surface area contributed by atoms with Crippen molar-refractivity contribution < 1.29 is 13.6 Å². The van der Waals surface area contributed by atoms with Crippen LogP contribution in [0.2, 0.25) is 0 Å². The summed E-state index contributed by atoms with van der Waals surface area (Å²) in [7, 11) is 0. The average molecular weight is 303 g/mol. The highest BCUT2D eigenvalue weighted by atomic mass is 19.3. The maximum atomic E-state index is 13.8. The molecule has 4 heteroatoms. The topological polar surface area (TPSA) is 29.1 Å². The van der Waals surface area contributed by atoms with Gasteiger partial charge in [0.15, 0.2) is 0 Å². The normalized spacial score (nSPS) is 11.2. The number of nitrogens with one attached hydrogen (secondary N) is 1. The third-order valence-electron chi connectivity index (χ3n) is 3.41. The lowest BCUT2D eigenvalue weighted by molar-refractivity contribution is -0.140. The van der Waals surface area contributed by atoms with Crippen LogP contribution in [0.25, 0.3) is 0 Å². The average Bonchev–Trinajstić information content (AvgIpc) is 2.53. The van der Waals surface area contributed by atoms with E-state index in [1.165, 1.54) is 0 Å². The number of hydrogen-bond acceptors (Lipinski definition) is 1. The van der Waals surface area contributed by atoms with Crippen LogP contribution in [0.3, 0.4) is 0 Å². The molecule has 0 saturated carbocycles. The van der Waals surface area contributed by atoms with Gasteiger partial charge in [-0.2, -0.15) is 8.78 Å². The van der Waals surface area contributed by atoms with E-state index in [1.54, 1.807) is 30.3 Å². The second-order valence-corrected chi connectivity index (χ2v) is 5.22. The Labute approximate surface area is 129 Å². The highest BCUT2D eigenvalue weighted by Crippen LogP contribution is 2.24. The van der Waals surface area contributed by atoms with Crippen molar-refractivity contribution in [3.8, 4) is 0 Å². The van der Waals surface area contributed by atoms with Crippen LogP contribution in [0.1, 0.15) is 24.8 Å². The predicted molar refractivity (Wildman–Crippen MR) is 84.0 cm³/mol. The first kappa shape index (κ1) is 16.1. The molecule has 0 heterocycles. The van der Waals surface area contributed by atoms with Crippen LogP contribution < -0.4 is 5.32 Å². The first-order valence-electron chi connectivity index (χ1n) is 7.36. The number of alkyl halides is 2. The van der Waals surface area contributed by atoms with Crippen molar-refractivity contribution in [1.29, 1.82) is 0 Å². The lowest BCUT2D eigenvalue weighted by Gasteiger charge is -2.16. The number of para-hydroxylation sites is 1. The predicted octanol–water partition coefficient (Wildman–Crippen LogP) is 4.67. The number of carbonyl (C=O) groups excluding carboxylic acids is 1. The van der Waals surface area contributed by atoms with Gasteiger partial charge >= 0.3 is 5.92 Å². The van der Waals surface area contributed by atoms with Crippen LogP contribution in [0.4, 0.5) is 14.5 Å². The molecule has 0 atom stereocenters. The molecule has 0 aliphatic carbocycles.